The molecule has 1 aromatic heterocycles. The van der Waals surface area contributed by atoms with E-state index in [-0.39, 0.29) is 0 Å². The largest absolute Gasteiger partial charge is 0.340 e. The molecule has 2 N–H and O–H groups in total. The Morgan fingerprint density at radius 2 is 2.00 bits per heavy atom. The van der Waals surface area contributed by atoms with Gasteiger partial charge in [-0.3, -0.25) is 4.98 Å². The molecule has 2 rings (SSSR count). The van der Waals surface area contributed by atoms with Gasteiger partial charge in [-0.05, 0) is 53.5 Å². The second-order valence-corrected chi connectivity index (χ2v) is 5.26. The van der Waals surface area contributed by atoms with Crippen molar-refractivity contribution in [2.75, 3.05) is 18.0 Å². The molecule has 0 saturated heterocycles. The van der Waals surface area contributed by atoms with Crippen LogP contribution in [0.1, 0.15) is 12.0 Å². The van der Waals surface area contributed by atoms with Gasteiger partial charge in [-0.15, -0.1) is 0 Å². The highest BCUT2D eigenvalue weighted by atomic mass is 79.9. The van der Waals surface area contributed by atoms with Crippen LogP contribution in [-0.2, 0) is 0 Å². The Kier molecular flexibility index (Phi) is 4.93. The molecule has 0 aliphatic rings. The number of hydrogen-bond donors (Lipinski definition) is 1. The van der Waals surface area contributed by atoms with Gasteiger partial charge in [0.1, 0.15) is 0 Å². The van der Waals surface area contributed by atoms with Gasteiger partial charge in [0.05, 0.1) is 10.2 Å². The maximum Gasteiger partial charge on any atom is 0.0595 e. The molecule has 1 aromatic carbocycles. The van der Waals surface area contributed by atoms with Gasteiger partial charge < -0.3 is 10.6 Å². The Morgan fingerprint density at radius 1 is 1.21 bits per heavy atom. The van der Waals surface area contributed by atoms with Gasteiger partial charge in [0.2, 0.25) is 0 Å². The quantitative estimate of drug-likeness (QED) is 0.914. The molecule has 4 heteroatoms. The monoisotopic (exact) mass is 319 g/mol. The summed E-state index contributed by atoms with van der Waals surface area (Å²) in [6, 6.07) is 10.4. The average Bonchev–Trinajstić information content (AvgIpc) is 2.42. The fourth-order valence-corrected chi connectivity index (χ4v) is 2.54. The van der Waals surface area contributed by atoms with Crippen molar-refractivity contribution in [3.05, 3.63) is 52.8 Å². The Balaban J connectivity index is 2.42. The van der Waals surface area contributed by atoms with E-state index in [1.165, 1.54) is 11.3 Å². The number of aromatic nitrogens is 1. The van der Waals surface area contributed by atoms with E-state index >= 15 is 0 Å². The molecule has 0 aliphatic heterocycles. The number of nitrogens with two attached hydrogens (primary N) is 1. The summed E-state index contributed by atoms with van der Waals surface area (Å²) in [5.41, 5.74) is 9.25. The van der Waals surface area contributed by atoms with Gasteiger partial charge in [-0.2, -0.15) is 0 Å². The van der Waals surface area contributed by atoms with Gasteiger partial charge in [0, 0.05) is 24.6 Å². The topological polar surface area (TPSA) is 42.1 Å². The summed E-state index contributed by atoms with van der Waals surface area (Å²) >= 11 is 3.58. The lowest BCUT2D eigenvalue weighted by Crippen LogP contribution is -2.22. The van der Waals surface area contributed by atoms with Crippen molar-refractivity contribution in [3.63, 3.8) is 0 Å². The van der Waals surface area contributed by atoms with Crippen molar-refractivity contribution in [1.29, 1.82) is 0 Å². The van der Waals surface area contributed by atoms with Gasteiger partial charge >= 0.3 is 0 Å². The molecule has 0 bridgehead atoms. The molecule has 0 unspecified atom stereocenters. The van der Waals surface area contributed by atoms with Crippen LogP contribution in [0.15, 0.2) is 47.2 Å². The van der Waals surface area contributed by atoms with E-state index in [2.05, 4.69) is 57.0 Å². The van der Waals surface area contributed by atoms with Crippen molar-refractivity contribution in [1.82, 2.24) is 4.98 Å². The molecule has 1 heterocycles. The lowest BCUT2D eigenvalue weighted by molar-refractivity contribution is 0.814. The molecule has 0 atom stereocenters. The lowest BCUT2D eigenvalue weighted by atomic mass is 10.1. The highest BCUT2D eigenvalue weighted by Gasteiger charge is 2.13. The Hall–Kier alpha value is -1.39. The number of para-hydroxylation sites is 1. The lowest BCUT2D eigenvalue weighted by Gasteiger charge is -2.27. The van der Waals surface area contributed by atoms with Crippen molar-refractivity contribution in [2.24, 2.45) is 5.73 Å². The van der Waals surface area contributed by atoms with E-state index in [4.69, 9.17) is 5.73 Å². The third kappa shape index (κ3) is 3.33. The van der Waals surface area contributed by atoms with Crippen LogP contribution in [0.25, 0.3) is 0 Å². The van der Waals surface area contributed by atoms with Crippen LogP contribution in [0.2, 0.25) is 0 Å². The first-order valence-electron chi connectivity index (χ1n) is 6.37. The van der Waals surface area contributed by atoms with Gasteiger partial charge in [-0.25, -0.2) is 0 Å². The van der Waals surface area contributed by atoms with E-state index in [9.17, 15) is 0 Å². The highest BCUT2D eigenvalue weighted by molar-refractivity contribution is 9.10. The Labute approximate surface area is 122 Å². The number of pyridine rings is 1. The van der Waals surface area contributed by atoms with Gasteiger partial charge in [0.15, 0.2) is 0 Å². The molecule has 19 heavy (non-hydrogen) atoms. The molecule has 0 aliphatic carbocycles. The van der Waals surface area contributed by atoms with Gasteiger partial charge in [0.25, 0.3) is 0 Å². The molecule has 0 radical (unpaired) electrons. The maximum absolute atomic E-state index is 5.66. The predicted octanol–water partition coefficient (Wildman–Crippen LogP) is 3.64. The minimum absolute atomic E-state index is 0.686. The molecule has 2 aromatic rings. The number of rotatable bonds is 5. The van der Waals surface area contributed by atoms with Crippen LogP contribution >= 0.6 is 15.9 Å². The van der Waals surface area contributed by atoms with Crippen LogP contribution in [-0.4, -0.2) is 18.1 Å². The molecular formula is C15H18BrN3. The fourth-order valence-electron chi connectivity index (χ4n) is 2.07. The van der Waals surface area contributed by atoms with Crippen molar-refractivity contribution >= 4 is 27.3 Å². The number of anilines is 2. The molecule has 0 amide bonds. The minimum atomic E-state index is 0.686. The first-order chi connectivity index (χ1) is 9.24. The minimum Gasteiger partial charge on any atom is -0.340 e. The summed E-state index contributed by atoms with van der Waals surface area (Å²) in [6.07, 6.45) is 4.58. The molecule has 3 nitrogen and oxygen atoms in total. The fraction of sp³-hybridized carbons (Fsp3) is 0.267. The third-order valence-electron chi connectivity index (χ3n) is 3.03. The number of aryl methyl sites for hydroxylation is 1. The van der Waals surface area contributed by atoms with Crippen LogP contribution in [0.4, 0.5) is 11.4 Å². The Bertz CT molecular complexity index is 497. The van der Waals surface area contributed by atoms with E-state index < -0.39 is 0 Å². The third-order valence-corrected chi connectivity index (χ3v) is 3.64. The second kappa shape index (κ2) is 6.68. The second-order valence-electron chi connectivity index (χ2n) is 4.41. The van der Waals surface area contributed by atoms with E-state index in [0.717, 1.165) is 23.1 Å². The number of hydrogen-bond acceptors (Lipinski definition) is 3. The normalized spacial score (nSPS) is 10.5. The Morgan fingerprint density at radius 3 is 2.68 bits per heavy atom. The average molecular weight is 320 g/mol. The summed E-state index contributed by atoms with van der Waals surface area (Å²) in [7, 11) is 0. The summed E-state index contributed by atoms with van der Waals surface area (Å²) in [5, 5.41) is 0. The smallest absolute Gasteiger partial charge is 0.0595 e. The first kappa shape index (κ1) is 14.0. The summed E-state index contributed by atoms with van der Waals surface area (Å²) in [6.45, 7) is 3.70. The van der Waals surface area contributed by atoms with E-state index in [1.807, 2.05) is 18.5 Å². The van der Waals surface area contributed by atoms with Crippen LogP contribution in [0, 0.1) is 6.92 Å². The maximum atomic E-state index is 5.66. The SMILES string of the molecule is Cc1ccccc1N(CCCN)c1ccncc1Br. The standard InChI is InChI=1S/C15H18BrN3/c1-12-5-2-3-6-14(12)19(10-4-8-17)15-7-9-18-11-13(15)16/h2-3,5-7,9,11H,4,8,10,17H2,1H3. The molecule has 0 spiro atoms. The number of benzene rings is 1. The molecule has 100 valence electrons. The van der Waals surface area contributed by atoms with Crippen molar-refractivity contribution < 1.29 is 0 Å². The number of halogens is 1. The van der Waals surface area contributed by atoms with Gasteiger partial charge in [-0.1, -0.05) is 18.2 Å². The number of nitrogens with zero attached hydrogens (tertiary/aromatic N) is 2. The van der Waals surface area contributed by atoms with Crippen LogP contribution in [0.5, 0.6) is 0 Å². The highest BCUT2D eigenvalue weighted by Crippen LogP contribution is 2.33. The van der Waals surface area contributed by atoms with Crippen molar-refractivity contribution in [2.45, 2.75) is 13.3 Å². The first-order valence-corrected chi connectivity index (χ1v) is 7.16. The predicted molar refractivity (Wildman–Crippen MR) is 83.8 cm³/mol. The van der Waals surface area contributed by atoms with Crippen LogP contribution < -0.4 is 10.6 Å². The van der Waals surface area contributed by atoms with E-state index in [0.29, 0.717) is 6.54 Å². The zero-order chi connectivity index (χ0) is 13.7. The molecular weight excluding hydrogens is 302 g/mol. The zero-order valence-electron chi connectivity index (χ0n) is 11.0. The summed E-state index contributed by atoms with van der Waals surface area (Å²) < 4.78 is 0.996. The summed E-state index contributed by atoms with van der Waals surface area (Å²) in [4.78, 5) is 6.41. The molecule has 0 saturated carbocycles. The zero-order valence-corrected chi connectivity index (χ0v) is 12.6. The molecule has 0 fully saturated rings. The summed E-state index contributed by atoms with van der Waals surface area (Å²) in [5.74, 6) is 0. The van der Waals surface area contributed by atoms with Crippen molar-refractivity contribution in [3.8, 4) is 0 Å². The van der Waals surface area contributed by atoms with E-state index in [1.54, 1.807) is 0 Å². The van der Waals surface area contributed by atoms with Crippen LogP contribution in [0.3, 0.4) is 0 Å².